The van der Waals surface area contributed by atoms with Crippen molar-refractivity contribution in [3.05, 3.63) is 29.8 Å². The summed E-state index contributed by atoms with van der Waals surface area (Å²) in [4.78, 5) is 28.3. The smallest absolute Gasteiger partial charge is 0.243 e. The van der Waals surface area contributed by atoms with E-state index in [1.54, 1.807) is 4.90 Å². The van der Waals surface area contributed by atoms with Gasteiger partial charge in [0.15, 0.2) is 0 Å². The fourth-order valence-corrected chi connectivity index (χ4v) is 2.59. The molecule has 0 saturated heterocycles. The van der Waals surface area contributed by atoms with Crippen molar-refractivity contribution in [1.29, 1.82) is 0 Å². The molecule has 1 aliphatic rings. The van der Waals surface area contributed by atoms with Crippen LogP contribution in [0, 0.1) is 0 Å². The monoisotopic (exact) mass is 289 g/mol. The Morgan fingerprint density at radius 2 is 2.05 bits per heavy atom. The van der Waals surface area contributed by atoms with Crippen LogP contribution < -0.4 is 10.2 Å². The van der Waals surface area contributed by atoms with Gasteiger partial charge >= 0.3 is 0 Å². The number of benzene rings is 1. The first-order valence-corrected chi connectivity index (χ1v) is 7.37. The van der Waals surface area contributed by atoms with Crippen molar-refractivity contribution in [1.82, 2.24) is 10.2 Å². The average Bonchev–Trinajstić information content (AvgIpc) is 2.85. The number of anilines is 1. The van der Waals surface area contributed by atoms with E-state index in [-0.39, 0.29) is 11.8 Å². The second-order valence-corrected chi connectivity index (χ2v) is 5.56. The molecule has 21 heavy (non-hydrogen) atoms. The lowest BCUT2D eigenvalue weighted by atomic mass is 10.1. The van der Waals surface area contributed by atoms with Crippen LogP contribution in [-0.4, -0.2) is 49.9 Å². The first-order chi connectivity index (χ1) is 10.0. The zero-order chi connectivity index (χ0) is 15.4. The molecular formula is C16H23N3O2. The predicted octanol–water partition coefficient (Wildman–Crippen LogP) is 1.03. The molecule has 2 rings (SSSR count). The Morgan fingerprint density at radius 1 is 1.33 bits per heavy atom. The number of hydrogen-bond acceptors (Lipinski definition) is 3. The van der Waals surface area contributed by atoms with Gasteiger partial charge in [-0.1, -0.05) is 25.1 Å². The van der Waals surface area contributed by atoms with Gasteiger partial charge in [-0.3, -0.25) is 14.5 Å². The molecule has 5 heteroatoms. The number of carbonyl (C=O) groups excluding carboxylic acids is 2. The molecule has 0 aromatic heterocycles. The van der Waals surface area contributed by atoms with Crippen molar-refractivity contribution in [2.45, 2.75) is 25.8 Å². The van der Waals surface area contributed by atoms with Gasteiger partial charge in [-0.25, -0.2) is 0 Å². The summed E-state index contributed by atoms with van der Waals surface area (Å²) in [6, 6.07) is 7.33. The molecular weight excluding hydrogens is 266 g/mol. The summed E-state index contributed by atoms with van der Waals surface area (Å²) in [6.07, 6.45) is 0.992. The number of amides is 2. The van der Waals surface area contributed by atoms with Crippen LogP contribution in [0.4, 0.5) is 5.69 Å². The molecule has 1 N–H and O–H groups in total. The molecule has 2 amide bonds. The Balaban J connectivity index is 2.12. The molecule has 1 aromatic rings. The maximum atomic E-state index is 12.4. The van der Waals surface area contributed by atoms with Crippen LogP contribution in [0.25, 0.3) is 0 Å². The number of nitrogens with zero attached hydrogens (tertiary/aromatic N) is 2. The second-order valence-electron chi connectivity index (χ2n) is 5.56. The standard InChI is InChI=1S/C16H23N3O2/c1-4-15(20)19-13-8-6-5-7-12(13)11-14(19)16(21)17-9-10-18(2)3/h5-8,14H,4,9-11H2,1-3H3,(H,17,21). The van der Waals surface area contributed by atoms with E-state index in [1.807, 2.05) is 50.2 Å². The van der Waals surface area contributed by atoms with E-state index in [2.05, 4.69) is 5.32 Å². The minimum absolute atomic E-state index is 0.00675. The molecule has 1 atom stereocenters. The van der Waals surface area contributed by atoms with E-state index in [9.17, 15) is 9.59 Å². The highest BCUT2D eigenvalue weighted by atomic mass is 16.2. The first kappa shape index (κ1) is 15.5. The van der Waals surface area contributed by atoms with Gasteiger partial charge in [0, 0.05) is 31.6 Å². The number of rotatable bonds is 5. The van der Waals surface area contributed by atoms with Gasteiger partial charge < -0.3 is 10.2 Å². The van der Waals surface area contributed by atoms with Gasteiger partial charge in [0.25, 0.3) is 0 Å². The van der Waals surface area contributed by atoms with Crippen LogP contribution in [-0.2, 0) is 16.0 Å². The van der Waals surface area contributed by atoms with Gasteiger partial charge in [-0.05, 0) is 25.7 Å². The highest BCUT2D eigenvalue weighted by molar-refractivity contribution is 6.03. The first-order valence-electron chi connectivity index (χ1n) is 7.37. The molecule has 114 valence electrons. The van der Waals surface area contributed by atoms with E-state index < -0.39 is 6.04 Å². The Kier molecular flexibility index (Phi) is 4.96. The lowest BCUT2D eigenvalue weighted by Crippen LogP contribution is -2.49. The minimum atomic E-state index is -0.419. The summed E-state index contributed by atoms with van der Waals surface area (Å²) < 4.78 is 0. The number of nitrogens with one attached hydrogen (secondary N) is 1. The largest absolute Gasteiger partial charge is 0.353 e. The van der Waals surface area contributed by atoms with Crippen molar-refractivity contribution >= 4 is 17.5 Å². The maximum absolute atomic E-state index is 12.4. The van der Waals surface area contributed by atoms with Gasteiger partial charge in [-0.15, -0.1) is 0 Å². The molecule has 0 fully saturated rings. The average molecular weight is 289 g/mol. The van der Waals surface area contributed by atoms with Gasteiger partial charge in [0.2, 0.25) is 11.8 Å². The molecule has 0 spiro atoms. The Labute approximate surface area is 125 Å². The second kappa shape index (κ2) is 6.72. The topological polar surface area (TPSA) is 52.7 Å². The quantitative estimate of drug-likeness (QED) is 0.881. The van der Waals surface area contributed by atoms with Crippen molar-refractivity contribution in [3.8, 4) is 0 Å². The molecule has 1 unspecified atom stereocenters. The summed E-state index contributed by atoms with van der Waals surface area (Å²) in [5, 5.41) is 2.93. The molecule has 1 heterocycles. The zero-order valence-corrected chi connectivity index (χ0v) is 12.9. The number of carbonyl (C=O) groups is 2. The van der Waals surface area contributed by atoms with Gasteiger partial charge in [0.05, 0.1) is 0 Å². The summed E-state index contributed by atoms with van der Waals surface area (Å²) in [6.45, 7) is 3.20. The third-order valence-electron chi connectivity index (χ3n) is 3.71. The number of para-hydroxylation sites is 1. The van der Waals surface area contributed by atoms with Crippen LogP contribution >= 0.6 is 0 Å². The van der Waals surface area contributed by atoms with E-state index in [1.165, 1.54) is 0 Å². The third kappa shape index (κ3) is 3.42. The maximum Gasteiger partial charge on any atom is 0.243 e. The summed E-state index contributed by atoms with van der Waals surface area (Å²) in [7, 11) is 3.93. The molecule has 0 saturated carbocycles. The van der Waals surface area contributed by atoms with Crippen molar-refractivity contribution < 1.29 is 9.59 Å². The van der Waals surface area contributed by atoms with E-state index in [4.69, 9.17) is 0 Å². The molecule has 1 aromatic carbocycles. The molecule has 0 aliphatic carbocycles. The summed E-state index contributed by atoms with van der Waals surface area (Å²) in [5.41, 5.74) is 1.93. The lowest BCUT2D eigenvalue weighted by molar-refractivity contribution is -0.126. The Morgan fingerprint density at radius 3 is 2.71 bits per heavy atom. The van der Waals surface area contributed by atoms with Crippen LogP contribution in [0.3, 0.4) is 0 Å². The van der Waals surface area contributed by atoms with Gasteiger partial charge in [-0.2, -0.15) is 0 Å². The molecule has 0 bridgehead atoms. The predicted molar refractivity (Wildman–Crippen MR) is 83.3 cm³/mol. The molecule has 5 nitrogen and oxygen atoms in total. The fraction of sp³-hybridized carbons (Fsp3) is 0.500. The van der Waals surface area contributed by atoms with Crippen LogP contribution in [0.5, 0.6) is 0 Å². The molecule has 1 aliphatic heterocycles. The van der Waals surface area contributed by atoms with Gasteiger partial charge in [0.1, 0.15) is 6.04 Å². The summed E-state index contributed by atoms with van der Waals surface area (Å²) in [5.74, 6) is -0.0810. The lowest BCUT2D eigenvalue weighted by Gasteiger charge is -2.24. The van der Waals surface area contributed by atoms with Crippen LogP contribution in [0.1, 0.15) is 18.9 Å². The van der Waals surface area contributed by atoms with Crippen molar-refractivity contribution in [2.75, 3.05) is 32.1 Å². The van der Waals surface area contributed by atoms with Crippen LogP contribution in [0.2, 0.25) is 0 Å². The minimum Gasteiger partial charge on any atom is -0.353 e. The van der Waals surface area contributed by atoms with E-state index in [0.717, 1.165) is 17.8 Å². The Bertz CT molecular complexity index is 528. The highest BCUT2D eigenvalue weighted by Gasteiger charge is 2.37. The van der Waals surface area contributed by atoms with E-state index >= 15 is 0 Å². The molecule has 0 radical (unpaired) electrons. The Hall–Kier alpha value is -1.88. The number of fused-ring (bicyclic) bond motifs is 1. The SMILES string of the molecule is CCC(=O)N1c2ccccc2CC1C(=O)NCCN(C)C. The number of hydrogen-bond donors (Lipinski definition) is 1. The third-order valence-corrected chi connectivity index (χ3v) is 3.71. The normalized spacial score (nSPS) is 17.0. The highest BCUT2D eigenvalue weighted by Crippen LogP contribution is 2.32. The fourth-order valence-electron chi connectivity index (χ4n) is 2.59. The van der Waals surface area contributed by atoms with Crippen molar-refractivity contribution in [2.24, 2.45) is 0 Å². The van der Waals surface area contributed by atoms with E-state index in [0.29, 0.717) is 19.4 Å². The number of likely N-dealkylation sites (N-methyl/N-ethyl adjacent to an activating group) is 1. The van der Waals surface area contributed by atoms with Crippen molar-refractivity contribution in [3.63, 3.8) is 0 Å². The zero-order valence-electron chi connectivity index (χ0n) is 12.9. The van der Waals surface area contributed by atoms with Crippen LogP contribution in [0.15, 0.2) is 24.3 Å². The summed E-state index contributed by atoms with van der Waals surface area (Å²) >= 11 is 0.